The van der Waals surface area contributed by atoms with Crippen LogP contribution in [0.3, 0.4) is 0 Å². The first-order chi connectivity index (χ1) is 13.0. The largest absolute Gasteiger partial charge is 0.494 e. The second-order valence-corrected chi connectivity index (χ2v) is 6.51. The summed E-state index contributed by atoms with van der Waals surface area (Å²) in [5, 5.41) is 3.30. The van der Waals surface area contributed by atoms with Gasteiger partial charge in [-0.15, -0.1) is 0 Å². The Morgan fingerprint density at radius 3 is 2.11 bits per heavy atom. The van der Waals surface area contributed by atoms with Gasteiger partial charge in [0, 0.05) is 5.69 Å². The SMILES string of the molecule is CCOc1ccc(OCC(=O)NNC(=S)Nc2ccc(C(C)C)cc2)cc1. The summed E-state index contributed by atoms with van der Waals surface area (Å²) in [4.78, 5) is 11.9. The van der Waals surface area contributed by atoms with Crippen molar-refractivity contribution in [3.63, 3.8) is 0 Å². The molecule has 0 saturated heterocycles. The fourth-order valence-corrected chi connectivity index (χ4v) is 2.39. The molecule has 0 spiro atoms. The van der Waals surface area contributed by atoms with E-state index >= 15 is 0 Å². The van der Waals surface area contributed by atoms with Gasteiger partial charge in [-0.3, -0.25) is 15.6 Å². The van der Waals surface area contributed by atoms with Crippen molar-refractivity contribution < 1.29 is 14.3 Å². The van der Waals surface area contributed by atoms with Crippen LogP contribution < -0.4 is 25.6 Å². The molecule has 0 atom stereocenters. The molecule has 0 aliphatic rings. The molecule has 2 aromatic rings. The highest BCUT2D eigenvalue weighted by molar-refractivity contribution is 7.80. The number of ether oxygens (including phenoxy) is 2. The summed E-state index contributed by atoms with van der Waals surface area (Å²) in [6, 6.07) is 15.0. The molecule has 7 heteroatoms. The summed E-state index contributed by atoms with van der Waals surface area (Å²) in [5.41, 5.74) is 7.24. The Hall–Kier alpha value is -2.80. The smallest absolute Gasteiger partial charge is 0.276 e. The molecule has 0 heterocycles. The summed E-state index contributed by atoms with van der Waals surface area (Å²) >= 11 is 5.16. The minimum atomic E-state index is -0.344. The van der Waals surface area contributed by atoms with Gasteiger partial charge in [0.1, 0.15) is 11.5 Å². The van der Waals surface area contributed by atoms with E-state index in [1.807, 2.05) is 31.2 Å². The summed E-state index contributed by atoms with van der Waals surface area (Å²) < 4.78 is 10.8. The molecule has 0 aliphatic heterocycles. The normalized spacial score (nSPS) is 10.2. The number of carbonyl (C=O) groups is 1. The Morgan fingerprint density at radius 2 is 1.56 bits per heavy atom. The lowest BCUT2D eigenvalue weighted by atomic mass is 10.0. The molecule has 27 heavy (non-hydrogen) atoms. The fraction of sp³-hybridized carbons (Fsp3) is 0.300. The number of rotatable bonds is 7. The number of hydrazine groups is 1. The topological polar surface area (TPSA) is 71.6 Å². The molecule has 2 aromatic carbocycles. The lowest BCUT2D eigenvalue weighted by Gasteiger charge is -2.13. The van der Waals surface area contributed by atoms with Crippen LogP contribution in [0, 0.1) is 0 Å². The molecular formula is C20H25N3O3S. The maximum absolute atomic E-state index is 11.9. The molecule has 144 valence electrons. The third-order valence-corrected chi connectivity index (χ3v) is 3.86. The number of hydrogen-bond donors (Lipinski definition) is 3. The molecule has 0 fully saturated rings. The van der Waals surface area contributed by atoms with Crippen molar-refractivity contribution >= 4 is 28.9 Å². The molecule has 6 nitrogen and oxygen atoms in total. The minimum absolute atomic E-state index is 0.132. The van der Waals surface area contributed by atoms with Gasteiger partial charge < -0.3 is 14.8 Å². The van der Waals surface area contributed by atoms with E-state index in [4.69, 9.17) is 21.7 Å². The molecule has 0 saturated carbocycles. The van der Waals surface area contributed by atoms with Gasteiger partial charge in [-0.1, -0.05) is 26.0 Å². The Balaban J connectivity index is 1.70. The molecular weight excluding hydrogens is 362 g/mol. The van der Waals surface area contributed by atoms with E-state index < -0.39 is 0 Å². The molecule has 3 N–H and O–H groups in total. The summed E-state index contributed by atoms with van der Waals surface area (Å²) in [5.74, 6) is 1.47. The van der Waals surface area contributed by atoms with Crippen molar-refractivity contribution in [1.29, 1.82) is 0 Å². The maximum atomic E-state index is 11.9. The van der Waals surface area contributed by atoms with Gasteiger partial charge in [0.05, 0.1) is 6.61 Å². The van der Waals surface area contributed by atoms with E-state index in [2.05, 4.69) is 30.0 Å². The number of thiocarbonyl (C=S) groups is 1. The first-order valence-corrected chi connectivity index (χ1v) is 9.20. The lowest BCUT2D eigenvalue weighted by Crippen LogP contribution is -2.45. The van der Waals surface area contributed by atoms with Crippen molar-refractivity contribution in [2.45, 2.75) is 26.7 Å². The Kier molecular flexibility index (Phi) is 7.88. The first-order valence-electron chi connectivity index (χ1n) is 8.79. The molecule has 0 bridgehead atoms. The summed E-state index contributed by atoms with van der Waals surface area (Å²) in [6.45, 7) is 6.66. The van der Waals surface area contributed by atoms with Crippen LogP contribution in [0.1, 0.15) is 32.3 Å². The maximum Gasteiger partial charge on any atom is 0.276 e. The second-order valence-electron chi connectivity index (χ2n) is 6.10. The third-order valence-electron chi connectivity index (χ3n) is 3.66. The summed E-state index contributed by atoms with van der Waals surface area (Å²) in [7, 11) is 0. The average Bonchev–Trinajstić information content (AvgIpc) is 2.66. The van der Waals surface area contributed by atoms with Gasteiger partial charge in [-0.05, 0) is 67.0 Å². The average molecular weight is 388 g/mol. The number of hydrogen-bond acceptors (Lipinski definition) is 4. The number of carbonyl (C=O) groups excluding carboxylic acids is 1. The Labute approximate surface area is 165 Å². The Bertz CT molecular complexity index is 746. The van der Waals surface area contributed by atoms with Gasteiger partial charge in [0.25, 0.3) is 5.91 Å². The van der Waals surface area contributed by atoms with E-state index in [1.165, 1.54) is 5.56 Å². The van der Waals surface area contributed by atoms with Crippen LogP contribution in [0.25, 0.3) is 0 Å². The van der Waals surface area contributed by atoms with E-state index in [-0.39, 0.29) is 12.5 Å². The van der Waals surface area contributed by atoms with Crippen molar-refractivity contribution in [2.24, 2.45) is 0 Å². The molecule has 1 amide bonds. The zero-order chi connectivity index (χ0) is 19.6. The standard InChI is InChI=1S/C20H25N3O3S/c1-4-25-17-9-11-18(12-10-17)26-13-19(24)22-23-20(27)21-16-7-5-15(6-8-16)14(2)3/h5-12,14H,4,13H2,1-3H3,(H,22,24)(H2,21,23,27). The van der Waals surface area contributed by atoms with Crippen LogP contribution in [0.4, 0.5) is 5.69 Å². The van der Waals surface area contributed by atoms with E-state index in [0.29, 0.717) is 23.4 Å². The quantitative estimate of drug-likeness (QED) is 0.498. The zero-order valence-corrected chi connectivity index (χ0v) is 16.6. The molecule has 0 aliphatic carbocycles. The van der Waals surface area contributed by atoms with Crippen molar-refractivity contribution in [2.75, 3.05) is 18.5 Å². The van der Waals surface area contributed by atoms with Gasteiger partial charge in [-0.25, -0.2) is 0 Å². The number of amides is 1. The van der Waals surface area contributed by atoms with Crippen LogP contribution in [-0.2, 0) is 4.79 Å². The third kappa shape index (κ3) is 7.15. The molecule has 2 rings (SSSR count). The van der Waals surface area contributed by atoms with E-state index in [1.54, 1.807) is 24.3 Å². The van der Waals surface area contributed by atoms with Crippen LogP contribution in [0.5, 0.6) is 11.5 Å². The van der Waals surface area contributed by atoms with Crippen molar-refractivity contribution in [3.05, 3.63) is 54.1 Å². The predicted octanol–water partition coefficient (Wildman–Crippen LogP) is 3.61. The van der Waals surface area contributed by atoms with Gasteiger partial charge in [-0.2, -0.15) is 0 Å². The van der Waals surface area contributed by atoms with Crippen molar-refractivity contribution in [1.82, 2.24) is 10.9 Å². The lowest BCUT2D eigenvalue weighted by molar-refractivity contribution is -0.123. The van der Waals surface area contributed by atoms with Crippen LogP contribution in [0.2, 0.25) is 0 Å². The highest BCUT2D eigenvalue weighted by Gasteiger charge is 2.05. The number of benzene rings is 2. The fourth-order valence-electron chi connectivity index (χ4n) is 2.22. The number of anilines is 1. The second kappa shape index (κ2) is 10.4. The van der Waals surface area contributed by atoms with E-state index in [9.17, 15) is 4.79 Å². The highest BCUT2D eigenvalue weighted by Crippen LogP contribution is 2.18. The first kappa shape index (κ1) is 20.5. The van der Waals surface area contributed by atoms with Crippen LogP contribution in [-0.4, -0.2) is 24.2 Å². The van der Waals surface area contributed by atoms with Crippen molar-refractivity contribution in [3.8, 4) is 11.5 Å². The Morgan fingerprint density at radius 1 is 0.963 bits per heavy atom. The van der Waals surface area contributed by atoms with Gasteiger partial charge >= 0.3 is 0 Å². The monoisotopic (exact) mass is 387 g/mol. The van der Waals surface area contributed by atoms with Crippen LogP contribution in [0.15, 0.2) is 48.5 Å². The summed E-state index contributed by atoms with van der Waals surface area (Å²) in [6.07, 6.45) is 0. The number of nitrogens with one attached hydrogen (secondary N) is 3. The molecule has 0 radical (unpaired) electrons. The molecule has 0 aromatic heterocycles. The van der Waals surface area contributed by atoms with Crippen LogP contribution >= 0.6 is 12.2 Å². The minimum Gasteiger partial charge on any atom is -0.494 e. The van der Waals surface area contributed by atoms with E-state index in [0.717, 1.165) is 11.4 Å². The molecule has 0 unspecified atom stereocenters. The zero-order valence-electron chi connectivity index (χ0n) is 15.7. The highest BCUT2D eigenvalue weighted by atomic mass is 32.1. The van der Waals surface area contributed by atoms with Gasteiger partial charge in [0.15, 0.2) is 11.7 Å². The van der Waals surface area contributed by atoms with Gasteiger partial charge in [0.2, 0.25) is 0 Å². The predicted molar refractivity (Wildman–Crippen MR) is 111 cm³/mol.